The Hall–Kier alpha value is -2.05. The molecule has 2 rings (SSSR count). The SMILES string of the molecule is CCCNC(=O)CN(CCC)C(=O)NC1CCCc2c1cnn2C. The molecule has 1 unspecified atom stereocenters. The summed E-state index contributed by atoms with van der Waals surface area (Å²) in [6.45, 7) is 5.32. The lowest BCUT2D eigenvalue weighted by Gasteiger charge is -2.28. The molecule has 3 amide bonds. The van der Waals surface area contributed by atoms with Crippen molar-refractivity contribution in [3.63, 3.8) is 0 Å². The second kappa shape index (κ2) is 8.70. The van der Waals surface area contributed by atoms with Crippen LogP contribution in [0, 0.1) is 0 Å². The molecule has 0 radical (unpaired) electrons. The second-order valence-electron chi connectivity index (χ2n) is 6.34. The summed E-state index contributed by atoms with van der Waals surface area (Å²) in [6, 6.07) is -0.196. The molecule has 0 aromatic carbocycles. The van der Waals surface area contributed by atoms with Gasteiger partial charge in [-0.1, -0.05) is 13.8 Å². The third-order valence-electron chi connectivity index (χ3n) is 4.36. The first-order valence-electron chi connectivity index (χ1n) is 8.89. The number of fused-ring (bicyclic) bond motifs is 1. The molecule has 1 aliphatic rings. The number of aromatic nitrogens is 2. The van der Waals surface area contributed by atoms with Gasteiger partial charge in [0.1, 0.15) is 6.54 Å². The van der Waals surface area contributed by atoms with Gasteiger partial charge < -0.3 is 15.5 Å². The van der Waals surface area contributed by atoms with Crippen LogP contribution >= 0.6 is 0 Å². The van der Waals surface area contributed by atoms with E-state index in [1.165, 1.54) is 5.69 Å². The molecule has 1 heterocycles. The first kappa shape index (κ1) is 18.3. The Kier molecular flexibility index (Phi) is 6.63. The number of nitrogens with zero attached hydrogens (tertiary/aromatic N) is 3. The summed E-state index contributed by atoms with van der Waals surface area (Å²) >= 11 is 0. The molecule has 0 fully saturated rings. The predicted molar refractivity (Wildman–Crippen MR) is 92.6 cm³/mol. The number of carbonyl (C=O) groups excluding carboxylic acids is 2. The third kappa shape index (κ3) is 4.49. The quantitative estimate of drug-likeness (QED) is 0.797. The van der Waals surface area contributed by atoms with E-state index in [1.54, 1.807) is 4.90 Å². The zero-order chi connectivity index (χ0) is 17.5. The van der Waals surface area contributed by atoms with Gasteiger partial charge in [-0.3, -0.25) is 9.48 Å². The molecular weight excluding hydrogens is 306 g/mol. The minimum atomic E-state index is -0.176. The molecule has 2 N–H and O–H groups in total. The number of amides is 3. The van der Waals surface area contributed by atoms with E-state index in [4.69, 9.17) is 0 Å². The van der Waals surface area contributed by atoms with Crippen molar-refractivity contribution in [1.29, 1.82) is 0 Å². The maximum atomic E-state index is 12.6. The lowest BCUT2D eigenvalue weighted by Crippen LogP contribution is -2.47. The standard InChI is InChI=1S/C17H29N5O2/c1-4-9-18-16(23)12-22(10-5-2)17(24)20-14-7-6-8-15-13(14)11-19-21(15)3/h11,14H,4-10,12H2,1-3H3,(H,18,23)(H,20,24). The van der Waals surface area contributed by atoms with Gasteiger partial charge in [0.05, 0.1) is 12.2 Å². The maximum Gasteiger partial charge on any atom is 0.318 e. The normalized spacial score (nSPS) is 16.4. The van der Waals surface area contributed by atoms with Crippen LogP contribution in [0.2, 0.25) is 0 Å². The molecule has 0 saturated heterocycles. The number of carbonyl (C=O) groups is 2. The van der Waals surface area contributed by atoms with Gasteiger partial charge in [0.25, 0.3) is 0 Å². The van der Waals surface area contributed by atoms with Crippen LogP contribution < -0.4 is 10.6 Å². The van der Waals surface area contributed by atoms with Crippen molar-refractivity contribution in [3.8, 4) is 0 Å². The number of nitrogens with one attached hydrogen (secondary N) is 2. The fourth-order valence-electron chi connectivity index (χ4n) is 3.11. The number of urea groups is 1. The molecule has 1 aromatic rings. The van der Waals surface area contributed by atoms with E-state index in [0.29, 0.717) is 13.1 Å². The Morgan fingerprint density at radius 2 is 2.17 bits per heavy atom. The second-order valence-corrected chi connectivity index (χ2v) is 6.34. The van der Waals surface area contributed by atoms with E-state index in [9.17, 15) is 9.59 Å². The average Bonchev–Trinajstić information content (AvgIpc) is 2.95. The van der Waals surface area contributed by atoms with Crippen molar-refractivity contribution >= 4 is 11.9 Å². The largest absolute Gasteiger partial charge is 0.355 e. The molecule has 7 heteroatoms. The number of hydrogen-bond donors (Lipinski definition) is 2. The van der Waals surface area contributed by atoms with Gasteiger partial charge in [-0.2, -0.15) is 5.10 Å². The minimum absolute atomic E-state index is 0.0204. The first-order valence-corrected chi connectivity index (χ1v) is 8.89. The van der Waals surface area contributed by atoms with Crippen molar-refractivity contribution in [2.45, 2.75) is 52.0 Å². The van der Waals surface area contributed by atoms with Crippen LogP contribution in [0.5, 0.6) is 0 Å². The van der Waals surface area contributed by atoms with Gasteiger partial charge in [-0.15, -0.1) is 0 Å². The number of rotatable bonds is 7. The molecule has 24 heavy (non-hydrogen) atoms. The van der Waals surface area contributed by atoms with Gasteiger partial charge in [0.2, 0.25) is 5.91 Å². The van der Waals surface area contributed by atoms with Gasteiger partial charge in [-0.25, -0.2) is 4.79 Å². The maximum absolute atomic E-state index is 12.6. The molecule has 7 nitrogen and oxygen atoms in total. The van der Waals surface area contributed by atoms with Crippen molar-refractivity contribution in [2.75, 3.05) is 19.6 Å². The number of aryl methyl sites for hydroxylation is 1. The van der Waals surface area contributed by atoms with E-state index >= 15 is 0 Å². The molecule has 0 bridgehead atoms. The predicted octanol–water partition coefficient (Wildman–Crippen LogP) is 1.75. The summed E-state index contributed by atoms with van der Waals surface area (Å²) in [5, 5.41) is 10.2. The summed E-state index contributed by atoms with van der Waals surface area (Å²) in [6.07, 6.45) is 6.48. The summed E-state index contributed by atoms with van der Waals surface area (Å²) in [4.78, 5) is 26.2. The van der Waals surface area contributed by atoms with E-state index in [2.05, 4.69) is 15.7 Å². The molecule has 1 aromatic heterocycles. The Bertz CT molecular complexity index is 569. The summed E-state index contributed by atoms with van der Waals surface area (Å²) < 4.78 is 1.88. The van der Waals surface area contributed by atoms with Crippen molar-refractivity contribution in [1.82, 2.24) is 25.3 Å². The zero-order valence-corrected chi connectivity index (χ0v) is 15.0. The summed E-state index contributed by atoms with van der Waals surface area (Å²) in [5.41, 5.74) is 2.29. The molecule has 1 aliphatic carbocycles. The van der Waals surface area contributed by atoms with Crippen LogP contribution in [0.4, 0.5) is 4.79 Å². The van der Waals surface area contributed by atoms with Crippen LogP contribution in [0.15, 0.2) is 6.20 Å². The van der Waals surface area contributed by atoms with Gasteiger partial charge >= 0.3 is 6.03 Å². The van der Waals surface area contributed by atoms with Gasteiger partial charge in [-0.05, 0) is 32.1 Å². The van der Waals surface area contributed by atoms with Crippen LogP contribution in [0.3, 0.4) is 0 Å². The Morgan fingerprint density at radius 1 is 1.38 bits per heavy atom. The summed E-state index contributed by atoms with van der Waals surface area (Å²) in [7, 11) is 1.94. The third-order valence-corrected chi connectivity index (χ3v) is 4.36. The fourth-order valence-corrected chi connectivity index (χ4v) is 3.11. The van der Waals surface area contributed by atoms with E-state index < -0.39 is 0 Å². The van der Waals surface area contributed by atoms with E-state index in [-0.39, 0.29) is 24.5 Å². The molecule has 134 valence electrons. The molecule has 0 saturated carbocycles. The highest BCUT2D eigenvalue weighted by molar-refractivity contribution is 5.84. The lowest BCUT2D eigenvalue weighted by atomic mass is 9.93. The highest BCUT2D eigenvalue weighted by Gasteiger charge is 2.26. The average molecular weight is 335 g/mol. The van der Waals surface area contributed by atoms with E-state index in [0.717, 1.165) is 37.7 Å². The summed E-state index contributed by atoms with van der Waals surface area (Å²) in [5.74, 6) is -0.105. The molecule has 0 spiro atoms. The lowest BCUT2D eigenvalue weighted by molar-refractivity contribution is -0.121. The highest BCUT2D eigenvalue weighted by Crippen LogP contribution is 2.29. The van der Waals surface area contributed by atoms with Gasteiger partial charge in [0, 0.05) is 31.4 Å². The van der Waals surface area contributed by atoms with E-state index in [1.807, 2.05) is 31.8 Å². The van der Waals surface area contributed by atoms with Crippen molar-refractivity contribution in [2.24, 2.45) is 7.05 Å². The monoisotopic (exact) mass is 335 g/mol. The van der Waals surface area contributed by atoms with Crippen LogP contribution in [-0.4, -0.2) is 46.3 Å². The zero-order valence-electron chi connectivity index (χ0n) is 15.0. The first-order chi connectivity index (χ1) is 11.6. The number of hydrogen-bond acceptors (Lipinski definition) is 3. The van der Waals surface area contributed by atoms with Crippen LogP contribution in [0.25, 0.3) is 0 Å². The molecule has 1 atom stereocenters. The molecular formula is C17H29N5O2. The Labute approximate surface area is 143 Å². The smallest absolute Gasteiger partial charge is 0.318 e. The highest BCUT2D eigenvalue weighted by atomic mass is 16.2. The topological polar surface area (TPSA) is 79.3 Å². The van der Waals surface area contributed by atoms with Gasteiger partial charge in [0.15, 0.2) is 0 Å². The molecule has 0 aliphatic heterocycles. The van der Waals surface area contributed by atoms with Crippen LogP contribution in [0.1, 0.15) is 56.8 Å². The van der Waals surface area contributed by atoms with Crippen molar-refractivity contribution < 1.29 is 9.59 Å². The van der Waals surface area contributed by atoms with Crippen LogP contribution in [-0.2, 0) is 18.3 Å². The Balaban J connectivity index is 1.99. The fraction of sp³-hybridized carbons (Fsp3) is 0.706. The minimum Gasteiger partial charge on any atom is -0.355 e. The Morgan fingerprint density at radius 3 is 2.88 bits per heavy atom. The van der Waals surface area contributed by atoms with Crippen molar-refractivity contribution in [3.05, 3.63) is 17.5 Å².